The first-order valence-electron chi connectivity index (χ1n) is 6.76. The van der Waals surface area contributed by atoms with E-state index in [1.165, 1.54) is 10.9 Å². The number of benzene rings is 1. The van der Waals surface area contributed by atoms with Crippen LogP contribution in [-0.2, 0) is 6.42 Å². The van der Waals surface area contributed by atoms with Crippen LogP contribution in [0.3, 0.4) is 0 Å². The van der Waals surface area contributed by atoms with Crippen LogP contribution in [0.15, 0.2) is 40.2 Å². The molecule has 0 aliphatic heterocycles. The van der Waals surface area contributed by atoms with Crippen molar-refractivity contribution in [3.8, 4) is 0 Å². The Labute approximate surface area is 132 Å². The Hall–Kier alpha value is -0.710. The highest BCUT2D eigenvalue weighted by atomic mass is 79.9. The number of thiophene rings is 1. The molecular weight excluding hydrogens is 337 g/mol. The fourth-order valence-electron chi connectivity index (χ4n) is 2.15. The van der Waals surface area contributed by atoms with Gasteiger partial charge in [0, 0.05) is 33.2 Å². The van der Waals surface area contributed by atoms with Crippen molar-refractivity contribution in [2.45, 2.75) is 32.2 Å². The van der Waals surface area contributed by atoms with Gasteiger partial charge in [0.05, 0.1) is 0 Å². The maximum Gasteiger partial charge on any atom is 0.123 e. The second kappa shape index (κ2) is 7.34. The van der Waals surface area contributed by atoms with Crippen molar-refractivity contribution in [2.75, 3.05) is 6.54 Å². The SMILES string of the molecule is CC(C)NCC(Cc1cc(Br)cs1)c1cccc(F)c1. The van der Waals surface area contributed by atoms with Gasteiger partial charge in [-0.25, -0.2) is 4.39 Å². The summed E-state index contributed by atoms with van der Waals surface area (Å²) < 4.78 is 14.6. The van der Waals surface area contributed by atoms with Gasteiger partial charge in [-0.1, -0.05) is 26.0 Å². The van der Waals surface area contributed by atoms with E-state index in [0.717, 1.165) is 23.0 Å². The van der Waals surface area contributed by atoms with Gasteiger partial charge in [0.2, 0.25) is 0 Å². The Bertz CT molecular complexity index is 553. The topological polar surface area (TPSA) is 12.0 Å². The molecule has 1 atom stereocenters. The molecule has 0 radical (unpaired) electrons. The second-order valence-electron chi connectivity index (χ2n) is 5.25. The standard InChI is InChI=1S/C16H19BrFNS/c1-11(2)19-9-13(7-16-8-14(17)10-20-16)12-4-3-5-15(18)6-12/h3-6,8,10-11,13,19H,7,9H2,1-2H3. The Morgan fingerprint density at radius 2 is 2.10 bits per heavy atom. The monoisotopic (exact) mass is 355 g/mol. The first-order valence-corrected chi connectivity index (χ1v) is 8.43. The normalized spacial score (nSPS) is 12.8. The lowest BCUT2D eigenvalue weighted by Crippen LogP contribution is -2.28. The Morgan fingerprint density at radius 3 is 2.70 bits per heavy atom. The van der Waals surface area contributed by atoms with Gasteiger partial charge in [0.25, 0.3) is 0 Å². The molecule has 0 spiro atoms. The second-order valence-corrected chi connectivity index (χ2v) is 7.16. The summed E-state index contributed by atoms with van der Waals surface area (Å²) in [6.07, 6.45) is 0.930. The van der Waals surface area contributed by atoms with Crippen LogP contribution in [0.1, 0.15) is 30.2 Å². The van der Waals surface area contributed by atoms with Crippen LogP contribution >= 0.6 is 27.3 Å². The fraction of sp³-hybridized carbons (Fsp3) is 0.375. The van der Waals surface area contributed by atoms with E-state index in [9.17, 15) is 4.39 Å². The van der Waals surface area contributed by atoms with Gasteiger partial charge in [-0.05, 0) is 46.1 Å². The zero-order valence-electron chi connectivity index (χ0n) is 11.7. The van der Waals surface area contributed by atoms with Crippen LogP contribution in [0.25, 0.3) is 0 Å². The smallest absolute Gasteiger partial charge is 0.123 e. The predicted octanol–water partition coefficient (Wildman–Crippen LogP) is 4.97. The first kappa shape index (κ1) is 15.7. The third-order valence-corrected chi connectivity index (χ3v) is 4.88. The summed E-state index contributed by atoms with van der Waals surface area (Å²) in [5.74, 6) is 0.128. The van der Waals surface area contributed by atoms with Gasteiger partial charge in [-0.15, -0.1) is 11.3 Å². The van der Waals surface area contributed by atoms with Crippen LogP contribution in [0, 0.1) is 5.82 Å². The van der Waals surface area contributed by atoms with E-state index in [2.05, 4.69) is 46.5 Å². The molecule has 2 rings (SSSR count). The Morgan fingerprint density at radius 1 is 1.30 bits per heavy atom. The van der Waals surface area contributed by atoms with Crippen molar-refractivity contribution >= 4 is 27.3 Å². The van der Waals surface area contributed by atoms with E-state index in [1.807, 2.05) is 6.07 Å². The van der Waals surface area contributed by atoms with Crippen molar-refractivity contribution in [1.29, 1.82) is 0 Å². The molecule has 1 aromatic heterocycles. The number of nitrogens with one attached hydrogen (secondary N) is 1. The third-order valence-electron chi connectivity index (χ3n) is 3.16. The molecule has 0 amide bonds. The summed E-state index contributed by atoms with van der Waals surface area (Å²) in [7, 11) is 0. The molecule has 4 heteroatoms. The minimum absolute atomic E-state index is 0.163. The molecule has 1 heterocycles. The molecule has 0 aliphatic rings. The van der Waals surface area contributed by atoms with E-state index in [4.69, 9.17) is 0 Å². The largest absolute Gasteiger partial charge is 0.314 e. The van der Waals surface area contributed by atoms with Crippen LogP contribution in [-0.4, -0.2) is 12.6 Å². The van der Waals surface area contributed by atoms with Crippen molar-refractivity contribution in [3.63, 3.8) is 0 Å². The zero-order valence-corrected chi connectivity index (χ0v) is 14.1. The average molecular weight is 356 g/mol. The summed E-state index contributed by atoms with van der Waals surface area (Å²) in [5, 5.41) is 5.55. The highest BCUT2D eigenvalue weighted by Crippen LogP contribution is 2.27. The van der Waals surface area contributed by atoms with E-state index < -0.39 is 0 Å². The lowest BCUT2D eigenvalue weighted by atomic mass is 9.94. The maximum absolute atomic E-state index is 13.4. The summed E-state index contributed by atoms with van der Waals surface area (Å²) in [4.78, 5) is 1.32. The number of halogens is 2. The molecule has 2 aromatic rings. The van der Waals surface area contributed by atoms with Crippen LogP contribution in [0.2, 0.25) is 0 Å². The highest BCUT2D eigenvalue weighted by Gasteiger charge is 2.14. The minimum Gasteiger partial charge on any atom is -0.314 e. The maximum atomic E-state index is 13.4. The summed E-state index contributed by atoms with van der Waals surface area (Å²) in [5.41, 5.74) is 1.06. The highest BCUT2D eigenvalue weighted by molar-refractivity contribution is 9.10. The molecule has 1 aromatic carbocycles. The van der Waals surface area contributed by atoms with Gasteiger partial charge in [-0.2, -0.15) is 0 Å². The van der Waals surface area contributed by atoms with Gasteiger partial charge >= 0.3 is 0 Å². The molecule has 1 nitrogen and oxygen atoms in total. The average Bonchev–Trinajstić information content (AvgIpc) is 2.80. The van der Waals surface area contributed by atoms with Gasteiger partial charge < -0.3 is 5.32 Å². The molecule has 1 N–H and O–H groups in total. The molecule has 0 saturated heterocycles. The van der Waals surface area contributed by atoms with Crippen LogP contribution < -0.4 is 5.32 Å². The lowest BCUT2D eigenvalue weighted by molar-refractivity contribution is 0.525. The number of hydrogen-bond acceptors (Lipinski definition) is 2. The summed E-state index contributed by atoms with van der Waals surface area (Å²) in [6, 6.07) is 9.52. The minimum atomic E-state index is -0.163. The fourth-order valence-corrected chi connectivity index (χ4v) is 3.68. The van der Waals surface area contributed by atoms with Crippen molar-refractivity contribution in [2.24, 2.45) is 0 Å². The van der Waals surface area contributed by atoms with Gasteiger partial charge in [0.1, 0.15) is 5.82 Å². The number of rotatable bonds is 6. The zero-order chi connectivity index (χ0) is 14.5. The van der Waals surface area contributed by atoms with Crippen LogP contribution in [0.4, 0.5) is 4.39 Å². The molecule has 108 valence electrons. The molecular formula is C16H19BrFNS. The Kier molecular flexibility index (Phi) is 5.75. The van der Waals surface area contributed by atoms with Gasteiger partial charge in [0.15, 0.2) is 0 Å². The van der Waals surface area contributed by atoms with Crippen LogP contribution in [0.5, 0.6) is 0 Å². The predicted molar refractivity (Wildman–Crippen MR) is 88.0 cm³/mol. The van der Waals surface area contributed by atoms with Crippen molar-refractivity contribution < 1.29 is 4.39 Å². The molecule has 20 heavy (non-hydrogen) atoms. The van der Waals surface area contributed by atoms with E-state index in [1.54, 1.807) is 23.5 Å². The van der Waals surface area contributed by atoms with E-state index in [0.29, 0.717) is 12.0 Å². The van der Waals surface area contributed by atoms with Crippen molar-refractivity contribution in [3.05, 3.63) is 56.4 Å². The Balaban J connectivity index is 2.15. The lowest BCUT2D eigenvalue weighted by Gasteiger charge is -2.19. The molecule has 0 fully saturated rings. The quantitative estimate of drug-likeness (QED) is 0.770. The molecule has 0 saturated carbocycles. The first-order chi connectivity index (χ1) is 9.54. The molecule has 0 aliphatic carbocycles. The van der Waals surface area contributed by atoms with Crippen molar-refractivity contribution in [1.82, 2.24) is 5.32 Å². The molecule has 1 unspecified atom stereocenters. The number of hydrogen-bond donors (Lipinski definition) is 1. The molecule has 0 bridgehead atoms. The third kappa shape index (κ3) is 4.69. The van der Waals surface area contributed by atoms with E-state index >= 15 is 0 Å². The van der Waals surface area contributed by atoms with E-state index in [-0.39, 0.29) is 5.82 Å². The summed E-state index contributed by atoms with van der Waals surface area (Å²) >= 11 is 5.23. The van der Waals surface area contributed by atoms with Gasteiger partial charge in [-0.3, -0.25) is 0 Å². The summed E-state index contributed by atoms with van der Waals surface area (Å²) in [6.45, 7) is 5.12.